The summed E-state index contributed by atoms with van der Waals surface area (Å²) in [6.07, 6.45) is 7.23. The number of nitrogens with zero attached hydrogens (tertiary/aromatic N) is 1. The Hall–Kier alpha value is -3.93. The maximum atomic E-state index is 13.7. The smallest absolute Gasteiger partial charge is 0.255 e. The van der Waals surface area contributed by atoms with Crippen molar-refractivity contribution in [3.8, 4) is 11.3 Å². The van der Waals surface area contributed by atoms with Crippen molar-refractivity contribution >= 4 is 34.1 Å². The van der Waals surface area contributed by atoms with Crippen LogP contribution < -0.4 is 10.6 Å². The Morgan fingerprint density at radius 1 is 0.923 bits per heavy atom. The van der Waals surface area contributed by atoms with Crippen molar-refractivity contribution in [2.75, 3.05) is 10.6 Å². The van der Waals surface area contributed by atoms with Crippen LogP contribution in [0.1, 0.15) is 63.7 Å². The third kappa shape index (κ3) is 6.06. The normalized spacial score (nSPS) is 21.2. The Bertz CT molecular complexity index is 1440. The summed E-state index contributed by atoms with van der Waals surface area (Å²) < 4.78 is 0. The van der Waals surface area contributed by atoms with E-state index in [9.17, 15) is 9.59 Å². The Balaban J connectivity index is 1.31. The first-order valence-electron chi connectivity index (χ1n) is 14.0. The van der Waals surface area contributed by atoms with E-state index in [0.29, 0.717) is 23.3 Å². The van der Waals surface area contributed by atoms with Crippen molar-refractivity contribution in [1.29, 1.82) is 0 Å². The topological polar surface area (TPSA) is 86.9 Å². The molecule has 1 aliphatic carbocycles. The van der Waals surface area contributed by atoms with Crippen molar-refractivity contribution in [3.05, 3.63) is 78.6 Å². The van der Waals surface area contributed by atoms with Gasteiger partial charge in [0, 0.05) is 45.9 Å². The summed E-state index contributed by atoms with van der Waals surface area (Å²) in [5, 5.41) is 7.24. The molecule has 39 heavy (non-hydrogen) atoms. The van der Waals surface area contributed by atoms with Gasteiger partial charge in [0.2, 0.25) is 5.91 Å². The van der Waals surface area contributed by atoms with Crippen molar-refractivity contribution in [3.63, 3.8) is 0 Å². The lowest BCUT2D eigenvalue weighted by atomic mass is 9.62. The molecule has 1 fully saturated rings. The minimum atomic E-state index is -0.307. The van der Waals surface area contributed by atoms with E-state index < -0.39 is 0 Å². The molecule has 6 nitrogen and oxygen atoms in total. The summed E-state index contributed by atoms with van der Waals surface area (Å²) in [6, 6.07) is 19.3. The highest BCUT2D eigenvalue weighted by molar-refractivity contribution is 6.04. The molecule has 202 valence electrons. The number of carbonyl (C=O) groups excluding carboxylic acids is 2. The van der Waals surface area contributed by atoms with Gasteiger partial charge in [0.05, 0.1) is 5.41 Å². The second kappa shape index (κ2) is 11.0. The van der Waals surface area contributed by atoms with E-state index in [-0.39, 0.29) is 17.2 Å². The number of amides is 2. The highest BCUT2D eigenvalue weighted by Gasteiger charge is 2.44. The SMILES string of the molecule is CC(C)CC1(C(=O)Nc2ccc3[nH]c(-c4ccc(NC(=O)c5ccncc5)cc4)cc3c2)CC(C)CC(C)C1. The summed E-state index contributed by atoms with van der Waals surface area (Å²) in [4.78, 5) is 33.6. The number of pyridine rings is 1. The van der Waals surface area contributed by atoms with Crippen LogP contribution in [0.4, 0.5) is 11.4 Å². The second-order valence-corrected chi connectivity index (χ2v) is 11.9. The number of hydrogen-bond donors (Lipinski definition) is 3. The molecule has 0 saturated heterocycles. The quantitative estimate of drug-likeness (QED) is 0.230. The molecule has 2 aromatic carbocycles. The van der Waals surface area contributed by atoms with Gasteiger partial charge >= 0.3 is 0 Å². The number of anilines is 2. The largest absolute Gasteiger partial charge is 0.355 e. The Morgan fingerprint density at radius 2 is 1.59 bits per heavy atom. The highest BCUT2D eigenvalue weighted by atomic mass is 16.2. The van der Waals surface area contributed by atoms with Crippen LogP contribution in [0, 0.1) is 23.2 Å². The molecule has 0 radical (unpaired) electrons. The zero-order valence-electron chi connectivity index (χ0n) is 23.3. The lowest BCUT2D eigenvalue weighted by Crippen LogP contribution is -2.43. The average Bonchev–Trinajstić information content (AvgIpc) is 3.32. The first kappa shape index (κ1) is 26.7. The molecule has 4 aromatic rings. The second-order valence-electron chi connectivity index (χ2n) is 11.9. The molecule has 1 saturated carbocycles. The molecule has 2 unspecified atom stereocenters. The average molecular weight is 523 g/mol. The molecule has 0 bridgehead atoms. The number of aromatic amines is 1. The minimum absolute atomic E-state index is 0.161. The fourth-order valence-corrected chi connectivity index (χ4v) is 6.57. The van der Waals surface area contributed by atoms with Gasteiger partial charge < -0.3 is 15.6 Å². The first-order chi connectivity index (χ1) is 18.7. The van der Waals surface area contributed by atoms with Crippen molar-refractivity contribution < 1.29 is 9.59 Å². The molecule has 2 amide bonds. The van der Waals surface area contributed by atoms with Crippen LogP contribution in [0.3, 0.4) is 0 Å². The van der Waals surface area contributed by atoms with Crippen LogP contribution in [-0.4, -0.2) is 21.8 Å². The monoisotopic (exact) mass is 522 g/mol. The Labute approximate surface area is 230 Å². The van der Waals surface area contributed by atoms with Crippen LogP contribution in [0.15, 0.2) is 73.1 Å². The summed E-state index contributed by atoms with van der Waals surface area (Å²) in [5.41, 5.74) is 4.82. The molecular formula is C33H38N4O2. The fourth-order valence-electron chi connectivity index (χ4n) is 6.57. The van der Waals surface area contributed by atoms with E-state index in [2.05, 4.69) is 60.4 Å². The molecule has 2 atom stereocenters. The van der Waals surface area contributed by atoms with E-state index >= 15 is 0 Å². The van der Waals surface area contributed by atoms with Crippen molar-refractivity contribution in [1.82, 2.24) is 9.97 Å². The third-order valence-corrected chi connectivity index (χ3v) is 7.84. The zero-order valence-corrected chi connectivity index (χ0v) is 23.3. The summed E-state index contributed by atoms with van der Waals surface area (Å²) >= 11 is 0. The van der Waals surface area contributed by atoms with Crippen LogP contribution in [-0.2, 0) is 4.79 Å². The number of aromatic nitrogens is 2. The summed E-state index contributed by atoms with van der Waals surface area (Å²) in [6.45, 7) is 9.00. The number of fused-ring (bicyclic) bond motifs is 1. The van der Waals surface area contributed by atoms with Crippen LogP contribution in [0.2, 0.25) is 0 Å². The molecule has 3 N–H and O–H groups in total. The van der Waals surface area contributed by atoms with Gasteiger partial charge in [-0.05, 0) is 97.5 Å². The Morgan fingerprint density at radius 3 is 2.26 bits per heavy atom. The van der Waals surface area contributed by atoms with E-state index in [1.165, 1.54) is 6.42 Å². The molecule has 6 heteroatoms. The number of H-pyrrole nitrogens is 1. The van der Waals surface area contributed by atoms with Crippen molar-refractivity contribution in [2.45, 2.75) is 53.4 Å². The predicted molar refractivity (Wildman–Crippen MR) is 159 cm³/mol. The first-order valence-corrected chi connectivity index (χ1v) is 14.0. The zero-order chi connectivity index (χ0) is 27.6. The van der Waals surface area contributed by atoms with E-state index in [0.717, 1.165) is 52.8 Å². The maximum Gasteiger partial charge on any atom is 0.255 e. The lowest BCUT2D eigenvalue weighted by Gasteiger charge is -2.42. The lowest BCUT2D eigenvalue weighted by molar-refractivity contribution is -0.130. The maximum absolute atomic E-state index is 13.7. The molecule has 2 aromatic heterocycles. The molecule has 1 aliphatic rings. The van der Waals surface area contributed by atoms with Gasteiger partial charge in [-0.15, -0.1) is 0 Å². The van der Waals surface area contributed by atoms with Gasteiger partial charge in [-0.25, -0.2) is 0 Å². The van der Waals surface area contributed by atoms with E-state index in [1.54, 1.807) is 24.5 Å². The summed E-state index contributed by atoms with van der Waals surface area (Å²) in [7, 11) is 0. The number of benzene rings is 2. The molecule has 2 heterocycles. The minimum Gasteiger partial charge on any atom is -0.355 e. The third-order valence-electron chi connectivity index (χ3n) is 7.84. The van der Waals surface area contributed by atoms with Gasteiger partial charge in [0.15, 0.2) is 0 Å². The number of hydrogen-bond acceptors (Lipinski definition) is 3. The highest BCUT2D eigenvalue weighted by Crippen LogP contribution is 2.47. The van der Waals surface area contributed by atoms with E-state index in [4.69, 9.17) is 0 Å². The molecular weight excluding hydrogens is 484 g/mol. The van der Waals surface area contributed by atoms with E-state index in [1.807, 2.05) is 36.4 Å². The van der Waals surface area contributed by atoms with Crippen LogP contribution in [0.5, 0.6) is 0 Å². The molecule has 5 rings (SSSR count). The van der Waals surface area contributed by atoms with Gasteiger partial charge in [0.1, 0.15) is 0 Å². The predicted octanol–water partition coefficient (Wildman–Crippen LogP) is 7.91. The Kier molecular flexibility index (Phi) is 7.56. The number of rotatable bonds is 7. The van der Waals surface area contributed by atoms with Gasteiger partial charge in [-0.2, -0.15) is 0 Å². The van der Waals surface area contributed by atoms with Crippen LogP contribution in [0.25, 0.3) is 22.2 Å². The molecule has 0 aliphatic heterocycles. The standard InChI is InChI=1S/C33H38N4O2/c1-21(2)18-33(19-22(3)15-23(4)20-33)32(39)36-28-9-10-29-26(16-28)17-30(37-29)24-5-7-27(8-6-24)35-31(38)25-11-13-34-14-12-25/h5-14,16-17,21-23,37H,15,18-20H2,1-4H3,(H,35,38)(H,36,39). The van der Waals surface area contributed by atoms with Gasteiger partial charge in [-0.1, -0.05) is 39.8 Å². The number of carbonyl (C=O) groups is 2. The summed E-state index contributed by atoms with van der Waals surface area (Å²) in [5.74, 6) is 1.58. The number of nitrogens with one attached hydrogen (secondary N) is 3. The van der Waals surface area contributed by atoms with Crippen LogP contribution >= 0.6 is 0 Å². The van der Waals surface area contributed by atoms with Gasteiger partial charge in [-0.3, -0.25) is 14.6 Å². The van der Waals surface area contributed by atoms with Crippen molar-refractivity contribution in [2.24, 2.45) is 23.2 Å². The molecule has 0 spiro atoms. The van der Waals surface area contributed by atoms with Gasteiger partial charge in [0.25, 0.3) is 5.91 Å². The fraction of sp³-hybridized carbons (Fsp3) is 0.364.